The number of nitrogens with zero attached hydrogens (tertiary/aromatic N) is 4. The highest BCUT2D eigenvalue weighted by molar-refractivity contribution is 7.98. The van der Waals surface area contributed by atoms with Crippen LogP contribution >= 0.6 is 19.2 Å². The molecule has 0 amide bonds. The van der Waals surface area contributed by atoms with Crippen molar-refractivity contribution in [3.63, 3.8) is 0 Å². The number of aliphatic hydroxyl groups is 1. The zero-order chi connectivity index (χ0) is 24.7. The van der Waals surface area contributed by atoms with E-state index in [1.165, 1.54) is 11.6 Å². The summed E-state index contributed by atoms with van der Waals surface area (Å²) in [7, 11) is -9.28. The summed E-state index contributed by atoms with van der Waals surface area (Å²) < 4.78 is 48.0. The van der Waals surface area contributed by atoms with Crippen molar-refractivity contribution in [3.05, 3.63) is 11.5 Å². The quantitative estimate of drug-likeness (QED) is 0.265. The normalized spacial score (nSPS) is 25.3. The van der Waals surface area contributed by atoms with Crippen LogP contribution in [0.4, 0.5) is 5.82 Å². The Morgan fingerprint density at radius 2 is 2.06 bits per heavy atom. The molecule has 4 N–H and O–H groups in total. The lowest BCUT2D eigenvalue weighted by Crippen LogP contribution is -2.30. The van der Waals surface area contributed by atoms with Crippen molar-refractivity contribution in [2.45, 2.75) is 68.7 Å². The summed E-state index contributed by atoms with van der Waals surface area (Å²) in [5, 5.41) is 16.5. The second kappa shape index (κ2) is 9.94. The van der Waals surface area contributed by atoms with E-state index in [1.54, 1.807) is 6.20 Å². The smallest absolute Gasteiger partial charge is 0.369 e. The van der Waals surface area contributed by atoms with Gasteiger partial charge in [0.25, 0.3) is 5.18 Å². The van der Waals surface area contributed by atoms with Crippen molar-refractivity contribution in [2.75, 3.05) is 17.7 Å². The average Bonchev–Trinajstić information content (AvgIpc) is 3.47. The van der Waals surface area contributed by atoms with Crippen molar-refractivity contribution in [3.8, 4) is 0 Å². The number of sulfone groups is 1. The number of ether oxygens (including phenoxy) is 2. The first-order valence-electron chi connectivity index (χ1n) is 10.9. The van der Waals surface area contributed by atoms with Crippen LogP contribution in [0.15, 0.2) is 6.20 Å². The van der Waals surface area contributed by atoms with Crippen molar-refractivity contribution < 1.29 is 37.3 Å². The van der Waals surface area contributed by atoms with Crippen molar-refractivity contribution in [1.29, 1.82) is 0 Å². The van der Waals surface area contributed by atoms with Crippen LogP contribution in [-0.4, -0.2) is 78.8 Å². The summed E-state index contributed by atoms with van der Waals surface area (Å²) in [6, 6.07) is 0.272. The van der Waals surface area contributed by atoms with Crippen LogP contribution in [0.2, 0.25) is 5.28 Å². The van der Waals surface area contributed by atoms with Crippen molar-refractivity contribution in [1.82, 2.24) is 19.7 Å². The number of aromatic nitrogens is 4. The van der Waals surface area contributed by atoms with Crippen LogP contribution < -0.4 is 5.32 Å². The predicted molar refractivity (Wildman–Crippen MR) is 122 cm³/mol. The number of aliphatic hydroxyl groups excluding tert-OH is 1. The van der Waals surface area contributed by atoms with E-state index in [0.29, 0.717) is 16.9 Å². The Morgan fingerprint density at radius 3 is 2.71 bits per heavy atom. The van der Waals surface area contributed by atoms with Gasteiger partial charge in [0.15, 0.2) is 21.7 Å². The van der Waals surface area contributed by atoms with Gasteiger partial charge >= 0.3 is 7.60 Å². The molecule has 16 heteroatoms. The molecule has 1 unspecified atom stereocenters. The molecule has 4 atom stereocenters. The topological polar surface area (TPSA) is 186 Å². The lowest BCUT2D eigenvalue weighted by molar-refractivity contribution is -0.0649. The number of fused-ring (bicyclic) bond motifs is 1. The first kappa shape index (κ1) is 25.7. The van der Waals surface area contributed by atoms with E-state index in [2.05, 4.69) is 20.4 Å². The minimum atomic E-state index is -5.09. The Labute approximate surface area is 200 Å². The van der Waals surface area contributed by atoms with Gasteiger partial charge in [-0.25, -0.2) is 13.1 Å². The van der Waals surface area contributed by atoms with Gasteiger partial charge in [0.2, 0.25) is 5.28 Å². The highest BCUT2D eigenvalue weighted by Crippen LogP contribution is 2.45. The minimum absolute atomic E-state index is 0.00336. The van der Waals surface area contributed by atoms with Gasteiger partial charge in [-0.1, -0.05) is 19.8 Å². The van der Waals surface area contributed by atoms with Crippen molar-refractivity contribution >= 4 is 45.9 Å². The molecule has 2 aromatic heterocycles. The Hall–Kier alpha value is -1.38. The lowest BCUT2D eigenvalue weighted by atomic mass is 10.2. The van der Waals surface area contributed by atoms with Crippen LogP contribution in [0.3, 0.4) is 0 Å². The largest absolute Gasteiger partial charge is 0.388 e. The zero-order valence-electron chi connectivity index (χ0n) is 18.3. The second-order valence-electron chi connectivity index (χ2n) is 8.43. The minimum Gasteiger partial charge on any atom is -0.388 e. The zero-order valence-corrected chi connectivity index (χ0v) is 20.8. The van der Waals surface area contributed by atoms with Crippen LogP contribution in [0.1, 0.15) is 45.3 Å². The fraction of sp³-hybridized carbons (Fsp3) is 0.722. The van der Waals surface area contributed by atoms with Gasteiger partial charge in [0.1, 0.15) is 11.9 Å². The molecule has 0 radical (unpaired) electrons. The first-order chi connectivity index (χ1) is 16.0. The van der Waals surface area contributed by atoms with E-state index in [4.69, 9.17) is 21.1 Å². The molecule has 0 bridgehead atoms. The molecular weight excluding hydrogens is 513 g/mol. The molecule has 190 valence electrons. The van der Waals surface area contributed by atoms with E-state index in [9.17, 15) is 27.9 Å². The average molecular weight is 540 g/mol. The third-order valence-corrected chi connectivity index (χ3v) is 10.1. The molecule has 13 nitrogen and oxygen atoms in total. The van der Waals surface area contributed by atoms with Crippen LogP contribution in [0, 0.1) is 0 Å². The fourth-order valence-corrected chi connectivity index (χ4v) is 7.40. The van der Waals surface area contributed by atoms with Crippen LogP contribution in [0.5, 0.6) is 0 Å². The summed E-state index contributed by atoms with van der Waals surface area (Å²) >= 11 is 6.14. The molecule has 1 saturated carbocycles. The number of hydrogen-bond donors (Lipinski definition) is 4. The van der Waals surface area contributed by atoms with Gasteiger partial charge in [0.05, 0.1) is 30.0 Å². The maximum atomic E-state index is 12.0. The Bertz CT molecular complexity index is 1180. The van der Waals surface area contributed by atoms with Gasteiger partial charge in [-0.3, -0.25) is 4.57 Å². The predicted octanol–water partition coefficient (Wildman–Crippen LogP) is 1.40. The summed E-state index contributed by atoms with van der Waals surface area (Å²) in [5.74, 6) is 0.0334. The second-order valence-corrected chi connectivity index (χ2v) is 13.1. The number of nitrogens with one attached hydrogen (secondary N) is 1. The SMILES string of the molecule is CCS(=O)(=O)C(OC[C@@H]1C[C@@H](O)[C@H](n2ncc3c(NC4CCCC4)nc(Cl)nc32)O1)P(=O)(O)O. The monoisotopic (exact) mass is 539 g/mol. The molecule has 1 aliphatic carbocycles. The molecule has 0 spiro atoms. The first-order valence-corrected chi connectivity index (χ1v) is 14.7. The summed E-state index contributed by atoms with van der Waals surface area (Å²) in [6.45, 7) is 0.810. The van der Waals surface area contributed by atoms with Gasteiger partial charge in [-0.15, -0.1) is 0 Å². The third kappa shape index (κ3) is 5.39. The highest BCUT2D eigenvalue weighted by Gasteiger charge is 2.43. The molecule has 2 aromatic rings. The standard InChI is InChI=1S/C18H27ClN5O8PS/c1-2-34(29,30)18(33(26,27)28)31-9-11-7-13(25)16(32-11)24-15-12(8-20-24)14(22-17(19)23-15)21-10-5-3-4-6-10/h8,10-11,13,16,18,25H,2-7,9H2,1H3,(H,21,22,23)(H2,26,27,28)/t11-,13+,16+,18?/m0/s1. The molecule has 34 heavy (non-hydrogen) atoms. The molecule has 0 aromatic carbocycles. The number of rotatable bonds is 9. The number of anilines is 1. The van der Waals surface area contributed by atoms with Crippen molar-refractivity contribution in [2.24, 2.45) is 0 Å². The molecule has 1 saturated heterocycles. The Kier molecular flexibility index (Phi) is 7.51. The maximum absolute atomic E-state index is 12.0. The van der Waals surface area contributed by atoms with Gasteiger partial charge in [-0.2, -0.15) is 15.1 Å². The molecule has 1 aliphatic heterocycles. The van der Waals surface area contributed by atoms with E-state index >= 15 is 0 Å². The van der Waals surface area contributed by atoms with Gasteiger partial charge < -0.3 is 29.7 Å². The van der Waals surface area contributed by atoms with E-state index in [1.807, 2.05) is 0 Å². The Balaban J connectivity index is 1.51. The molecular formula is C18H27ClN5O8PS. The Morgan fingerprint density at radius 1 is 1.35 bits per heavy atom. The number of halogens is 1. The maximum Gasteiger partial charge on any atom is 0.369 e. The van der Waals surface area contributed by atoms with Gasteiger partial charge in [0, 0.05) is 12.5 Å². The summed E-state index contributed by atoms with van der Waals surface area (Å²) in [6.07, 6.45) is 2.98. The fourth-order valence-electron chi connectivity index (χ4n) is 4.26. The molecule has 2 aliphatic rings. The van der Waals surface area contributed by atoms with E-state index in [-0.39, 0.29) is 17.7 Å². The van der Waals surface area contributed by atoms with E-state index < -0.39 is 53.4 Å². The summed E-state index contributed by atoms with van der Waals surface area (Å²) in [4.78, 5) is 27.3. The lowest BCUT2D eigenvalue weighted by Gasteiger charge is -2.21. The molecule has 3 heterocycles. The van der Waals surface area contributed by atoms with Gasteiger partial charge in [-0.05, 0) is 24.4 Å². The molecule has 4 rings (SSSR count). The number of hydrogen-bond acceptors (Lipinski definition) is 10. The third-order valence-electron chi connectivity index (χ3n) is 5.94. The molecule has 2 fully saturated rings. The summed E-state index contributed by atoms with van der Waals surface area (Å²) in [5.41, 5.74) is 0.341. The van der Waals surface area contributed by atoms with Crippen LogP contribution in [0.25, 0.3) is 11.0 Å². The van der Waals surface area contributed by atoms with Crippen LogP contribution in [-0.2, 0) is 23.9 Å². The highest BCUT2D eigenvalue weighted by atomic mass is 35.5. The van der Waals surface area contributed by atoms with E-state index in [0.717, 1.165) is 25.7 Å².